The standard InChI is InChI=1S/C18H24ClN3O2.ClH/c1-24-12-18(5-8-20-9-6-18)17(23)21-7-4-13-11-22-16-3-2-14(19)10-15(13)16;/h2-3,10-11,20,22H,4-9,12H2,1H3,(H,21,23);1H. The maximum atomic E-state index is 12.7. The molecule has 0 atom stereocenters. The molecule has 25 heavy (non-hydrogen) atoms. The molecule has 2 aromatic rings. The van der Waals surface area contributed by atoms with Crippen LogP contribution in [-0.4, -0.2) is 44.2 Å². The first kappa shape index (κ1) is 20.0. The van der Waals surface area contributed by atoms with E-state index in [9.17, 15) is 4.79 Å². The van der Waals surface area contributed by atoms with Crippen LogP contribution in [0.25, 0.3) is 10.9 Å². The number of methoxy groups -OCH3 is 1. The fraction of sp³-hybridized carbons (Fsp3) is 0.500. The second-order valence-corrected chi connectivity index (χ2v) is 6.91. The van der Waals surface area contributed by atoms with Crippen LogP contribution in [0.15, 0.2) is 24.4 Å². The highest BCUT2D eigenvalue weighted by Gasteiger charge is 2.39. The summed E-state index contributed by atoms with van der Waals surface area (Å²) in [7, 11) is 1.66. The summed E-state index contributed by atoms with van der Waals surface area (Å²) in [5.74, 6) is 0.101. The third kappa shape index (κ3) is 4.47. The number of aromatic amines is 1. The van der Waals surface area contributed by atoms with Crippen LogP contribution >= 0.6 is 24.0 Å². The number of halogens is 2. The van der Waals surface area contributed by atoms with Gasteiger partial charge in [0.05, 0.1) is 12.0 Å². The monoisotopic (exact) mass is 385 g/mol. The Kier molecular flexibility index (Phi) is 7.14. The van der Waals surface area contributed by atoms with Gasteiger partial charge in [-0.15, -0.1) is 12.4 Å². The van der Waals surface area contributed by atoms with E-state index in [1.807, 2.05) is 24.4 Å². The molecular weight excluding hydrogens is 361 g/mol. The van der Waals surface area contributed by atoms with Gasteiger partial charge in [0.2, 0.25) is 5.91 Å². The minimum absolute atomic E-state index is 0. The molecule has 5 nitrogen and oxygen atoms in total. The van der Waals surface area contributed by atoms with E-state index < -0.39 is 5.41 Å². The number of nitrogens with one attached hydrogen (secondary N) is 3. The van der Waals surface area contributed by atoms with E-state index in [4.69, 9.17) is 16.3 Å². The summed E-state index contributed by atoms with van der Waals surface area (Å²) in [5, 5.41) is 8.25. The molecule has 0 unspecified atom stereocenters. The third-order valence-corrected chi connectivity index (χ3v) is 5.11. The van der Waals surface area contributed by atoms with E-state index in [1.54, 1.807) is 7.11 Å². The first-order valence-corrected chi connectivity index (χ1v) is 8.76. The summed E-state index contributed by atoms with van der Waals surface area (Å²) in [6, 6.07) is 5.81. The molecule has 1 saturated heterocycles. The van der Waals surface area contributed by atoms with Crippen LogP contribution in [0.3, 0.4) is 0 Å². The van der Waals surface area contributed by atoms with Crippen molar-refractivity contribution in [3.05, 3.63) is 35.0 Å². The van der Waals surface area contributed by atoms with E-state index in [0.29, 0.717) is 13.2 Å². The topological polar surface area (TPSA) is 66.1 Å². The summed E-state index contributed by atoms with van der Waals surface area (Å²) in [4.78, 5) is 16.0. The second-order valence-electron chi connectivity index (χ2n) is 6.47. The van der Waals surface area contributed by atoms with Gasteiger partial charge >= 0.3 is 0 Å². The Morgan fingerprint density at radius 2 is 2.12 bits per heavy atom. The van der Waals surface area contributed by atoms with Crippen LogP contribution < -0.4 is 10.6 Å². The number of amides is 1. The fourth-order valence-corrected chi connectivity index (χ4v) is 3.65. The zero-order valence-corrected chi connectivity index (χ0v) is 15.9. The van der Waals surface area contributed by atoms with Gasteiger partial charge in [0.1, 0.15) is 0 Å². The van der Waals surface area contributed by atoms with Crippen LogP contribution in [0.4, 0.5) is 0 Å². The van der Waals surface area contributed by atoms with Gasteiger partial charge in [-0.25, -0.2) is 0 Å². The van der Waals surface area contributed by atoms with Crippen molar-refractivity contribution in [2.45, 2.75) is 19.3 Å². The van der Waals surface area contributed by atoms with Crippen molar-refractivity contribution < 1.29 is 9.53 Å². The number of fused-ring (bicyclic) bond motifs is 1. The van der Waals surface area contributed by atoms with Crippen LogP contribution in [-0.2, 0) is 16.0 Å². The van der Waals surface area contributed by atoms with Crippen molar-refractivity contribution in [1.29, 1.82) is 0 Å². The average Bonchev–Trinajstić information content (AvgIpc) is 2.98. The number of piperidine rings is 1. The van der Waals surface area contributed by atoms with Crippen molar-refractivity contribution >= 4 is 40.8 Å². The van der Waals surface area contributed by atoms with E-state index in [0.717, 1.165) is 48.3 Å². The zero-order chi connectivity index (χ0) is 17.0. The lowest BCUT2D eigenvalue weighted by atomic mass is 9.78. The fourth-order valence-electron chi connectivity index (χ4n) is 3.47. The molecular formula is C18H25Cl2N3O2. The van der Waals surface area contributed by atoms with E-state index >= 15 is 0 Å². The zero-order valence-electron chi connectivity index (χ0n) is 14.4. The summed E-state index contributed by atoms with van der Waals surface area (Å²) in [6.07, 6.45) is 4.39. The highest BCUT2D eigenvalue weighted by Crippen LogP contribution is 2.29. The van der Waals surface area contributed by atoms with Crippen molar-refractivity contribution in [2.24, 2.45) is 5.41 Å². The summed E-state index contributed by atoms with van der Waals surface area (Å²) < 4.78 is 5.32. The second kappa shape index (κ2) is 8.90. The Morgan fingerprint density at radius 1 is 1.36 bits per heavy atom. The highest BCUT2D eigenvalue weighted by molar-refractivity contribution is 6.31. The quantitative estimate of drug-likeness (QED) is 0.715. The summed E-state index contributed by atoms with van der Waals surface area (Å²) in [5.41, 5.74) is 1.83. The minimum atomic E-state index is -0.399. The molecule has 0 aliphatic carbocycles. The highest BCUT2D eigenvalue weighted by atomic mass is 35.5. The van der Waals surface area contributed by atoms with E-state index in [-0.39, 0.29) is 18.3 Å². The predicted octanol–water partition coefficient (Wildman–Crippen LogP) is 2.92. The lowest BCUT2D eigenvalue weighted by Crippen LogP contribution is -2.50. The number of rotatable bonds is 6. The Labute approximate surface area is 159 Å². The number of ether oxygens (including phenoxy) is 1. The first-order valence-electron chi connectivity index (χ1n) is 8.38. The Hall–Kier alpha value is -1.27. The molecule has 0 spiro atoms. The maximum Gasteiger partial charge on any atom is 0.228 e. The number of hydrogen-bond acceptors (Lipinski definition) is 3. The molecule has 1 amide bonds. The van der Waals surface area contributed by atoms with Gasteiger partial charge in [-0.3, -0.25) is 4.79 Å². The number of H-pyrrole nitrogens is 1. The Morgan fingerprint density at radius 3 is 2.84 bits per heavy atom. The van der Waals surface area contributed by atoms with Crippen LogP contribution in [0.1, 0.15) is 18.4 Å². The van der Waals surface area contributed by atoms with Crippen molar-refractivity contribution in [3.8, 4) is 0 Å². The lowest BCUT2D eigenvalue weighted by Gasteiger charge is -2.35. The molecule has 1 aromatic heterocycles. The number of carbonyl (C=O) groups is 1. The average molecular weight is 386 g/mol. The normalized spacial score (nSPS) is 16.4. The van der Waals surface area contributed by atoms with E-state index in [2.05, 4.69) is 15.6 Å². The number of carbonyl (C=O) groups excluding carboxylic acids is 1. The SMILES string of the molecule is COCC1(C(=O)NCCc2c[nH]c3ccc(Cl)cc23)CCNCC1.Cl. The predicted molar refractivity (Wildman–Crippen MR) is 104 cm³/mol. The molecule has 0 saturated carbocycles. The lowest BCUT2D eigenvalue weighted by molar-refractivity contribution is -0.136. The van der Waals surface area contributed by atoms with Gasteiger partial charge in [-0.2, -0.15) is 0 Å². The molecule has 1 aliphatic rings. The van der Waals surface area contributed by atoms with Gasteiger partial charge in [0, 0.05) is 35.8 Å². The summed E-state index contributed by atoms with van der Waals surface area (Å²) >= 11 is 6.08. The Balaban J connectivity index is 0.00000225. The van der Waals surface area contributed by atoms with Crippen molar-refractivity contribution in [1.82, 2.24) is 15.6 Å². The van der Waals surface area contributed by atoms with Crippen LogP contribution in [0, 0.1) is 5.41 Å². The molecule has 2 heterocycles. The maximum absolute atomic E-state index is 12.7. The van der Waals surface area contributed by atoms with Gasteiger partial charge in [0.25, 0.3) is 0 Å². The van der Waals surface area contributed by atoms with Gasteiger partial charge in [-0.05, 0) is 56.1 Å². The largest absolute Gasteiger partial charge is 0.384 e. The van der Waals surface area contributed by atoms with Gasteiger partial charge in [-0.1, -0.05) is 11.6 Å². The van der Waals surface area contributed by atoms with Crippen LogP contribution in [0.5, 0.6) is 0 Å². The van der Waals surface area contributed by atoms with Crippen molar-refractivity contribution in [3.63, 3.8) is 0 Å². The Bertz CT molecular complexity index is 706. The molecule has 0 radical (unpaired) electrons. The van der Waals surface area contributed by atoms with Crippen molar-refractivity contribution in [2.75, 3.05) is 33.4 Å². The molecule has 0 bridgehead atoms. The van der Waals surface area contributed by atoms with Gasteiger partial charge < -0.3 is 20.4 Å². The van der Waals surface area contributed by atoms with Crippen LogP contribution in [0.2, 0.25) is 5.02 Å². The first-order chi connectivity index (χ1) is 11.6. The molecule has 3 N–H and O–H groups in total. The minimum Gasteiger partial charge on any atom is -0.384 e. The number of benzene rings is 1. The third-order valence-electron chi connectivity index (χ3n) is 4.87. The number of aromatic nitrogens is 1. The molecule has 1 aliphatic heterocycles. The smallest absolute Gasteiger partial charge is 0.228 e. The molecule has 3 rings (SSSR count). The molecule has 1 aromatic carbocycles. The number of hydrogen-bond donors (Lipinski definition) is 3. The van der Waals surface area contributed by atoms with Gasteiger partial charge in [0.15, 0.2) is 0 Å². The molecule has 1 fully saturated rings. The molecule has 7 heteroatoms. The van der Waals surface area contributed by atoms with E-state index in [1.165, 1.54) is 5.56 Å². The summed E-state index contributed by atoms with van der Waals surface area (Å²) in [6.45, 7) is 2.80. The molecule has 138 valence electrons.